The smallest absolute Gasteiger partial charge is 0.0214 e. The van der Waals surface area contributed by atoms with Gasteiger partial charge in [0.2, 0.25) is 0 Å². The Bertz CT molecular complexity index is 239. The van der Waals surface area contributed by atoms with Crippen LogP contribution in [0.3, 0.4) is 0 Å². The van der Waals surface area contributed by atoms with Gasteiger partial charge in [0.25, 0.3) is 0 Å². The van der Waals surface area contributed by atoms with Gasteiger partial charge in [-0.3, -0.25) is 0 Å². The molecule has 0 amide bonds. The van der Waals surface area contributed by atoms with E-state index < -0.39 is 0 Å². The van der Waals surface area contributed by atoms with Crippen LogP contribution in [-0.2, 0) is 0 Å². The number of hydrogen-bond acceptors (Lipinski definition) is 2. The summed E-state index contributed by atoms with van der Waals surface area (Å²) in [5.41, 5.74) is 6.20. The van der Waals surface area contributed by atoms with Crippen LogP contribution in [0.2, 0.25) is 0 Å². The zero-order valence-electron chi connectivity index (χ0n) is 11.3. The lowest BCUT2D eigenvalue weighted by Crippen LogP contribution is -2.58. The molecule has 98 valence electrons. The summed E-state index contributed by atoms with van der Waals surface area (Å²) in [5, 5.41) is 0. The van der Waals surface area contributed by atoms with Crippen molar-refractivity contribution in [2.24, 2.45) is 23.5 Å². The Kier molecular flexibility index (Phi) is 3.20. The van der Waals surface area contributed by atoms with E-state index >= 15 is 0 Å². The van der Waals surface area contributed by atoms with E-state index in [4.69, 9.17) is 5.73 Å². The maximum absolute atomic E-state index is 5.60. The third kappa shape index (κ3) is 2.15. The van der Waals surface area contributed by atoms with Crippen LogP contribution in [0.5, 0.6) is 0 Å². The molecule has 2 nitrogen and oxygen atoms in total. The molecule has 4 saturated carbocycles. The van der Waals surface area contributed by atoms with Gasteiger partial charge in [0, 0.05) is 5.54 Å². The molecule has 0 atom stereocenters. The maximum Gasteiger partial charge on any atom is 0.0214 e. The van der Waals surface area contributed by atoms with Crippen LogP contribution in [0.1, 0.15) is 51.4 Å². The van der Waals surface area contributed by atoms with Crippen LogP contribution in [0.4, 0.5) is 0 Å². The summed E-state index contributed by atoms with van der Waals surface area (Å²) in [4.78, 5) is 2.72. The van der Waals surface area contributed by atoms with E-state index in [-0.39, 0.29) is 0 Å². The Morgan fingerprint density at radius 2 is 1.53 bits per heavy atom. The first-order valence-corrected chi connectivity index (χ1v) is 7.63. The second-order valence-corrected chi connectivity index (χ2v) is 7.06. The molecular formula is C15H28N2. The van der Waals surface area contributed by atoms with Crippen molar-refractivity contribution in [3.63, 3.8) is 0 Å². The zero-order valence-corrected chi connectivity index (χ0v) is 11.3. The predicted molar refractivity (Wildman–Crippen MR) is 71.8 cm³/mol. The van der Waals surface area contributed by atoms with Gasteiger partial charge in [-0.25, -0.2) is 0 Å². The molecule has 0 aliphatic heterocycles. The SMILES string of the molecule is CN(CCCCN)C12CC3CC(CC(C3)C1)C2. The topological polar surface area (TPSA) is 29.3 Å². The minimum absolute atomic E-state index is 0.601. The normalized spacial score (nSPS) is 43.6. The zero-order chi connectivity index (χ0) is 11.9. The first-order chi connectivity index (χ1) is 8.22. The van der Waals surface area contributed by atoms with Crippen molar-refractivity contribution in [3.05, 3.63) is 0 Å². The van der Waals surface area contributed by atoms with Gasteiger partial charge in [-0.15, -0.1) is 0 Å². The lowest BCUT2D eigenvalue weighted by atomic mass is 9.52. The number of nitrogens with zero attached hydrogens (tertiary/aromatic N) is 1. The molecule has 0 aromatic carbocycles. The average Bonchev–Trinajstić information content (AvgIpc) is 2.27. The predicted octanol–water partition coefficient (Wildman–Crippen LogP) is 2.63. The minimum Gasteiger partial charge on any atom is -0.330 e. The summed E-state index contributed by atoms with van der Waals surface area (Å²) in [5.74, 6) is 3.20. The van der Waals surface area contributed by atoms with Gasteiger partial charge in [0.1, 0.15) is 0 Å². The molecule has 2 heteroatoms. The van der Waals surface area contributed by atoms with E-state index in [1.807, 2.05) is 0 Å². The van der Waals surface area contributed by atoms with Gasteiger partial charge in [0.05, 0.1) is 0 Å². The van der Waals surface area contributed by atoms with Crippen LogP contribution >= 0.6 is 0 Å². The summed E-state index contributed by atoms with van der Waals surface area (Å²) in [7, 11) is 2.38. The van der Waals surface area contributed by atoms with E-state index in [9.17, 15) is 0 Å². The molecule has 4 aliphatic rings. The third-order valence-electron chi connectivity index (χ3n) is 5.76. The molecule has 0 radical (unpaired) electrons. The quantitative estimate of drug-likeness (QED) is 0.744. The van der Waals surface area contributed by atoms with Crippen molar-refractivity contribution in [3.8, 4) is 0 Å². The Morgan fingerprint density at radius 3 is 2.00 bits per heavy atom. The first kappa shape index (κ1) is 12.0. The van der Waals surface area contributed by atoms with E-state index in [0.29, 0.717) is 5.54 Å². The van der Waals surface area contributed by atoms with E-state index in [1.54, 1.807) is 19.3 Å². The third-order valence-corrected chi connectivity index (χ3v) is 5.76. The molecule has 0 aromatic rings. The van der Waals surface area contributed by atoms with Gasteiger partial charge in [-0.2, -0.15) is 0 Å². The highest BCUT2D eigenvalue weighted by Gasteiger charge is 2.52. The number of unbranched alkanes of at least 4 members (excludes halogenated alkanes) is 1. The Morgan fingerprint density at radius 1 is 1.00 bits per heavy atom. The summed E-state index contributed by atoms with van der Waals surface area (Å²) >= 11 is 0. The molecule has 4 rings (SSSR count). The Labute approximate surface area is 106 Å². The molecule has 0 unspecified atom stereocenters. The van der Waals surface area contributed by atoms with Gasteiger partial charge in [0.15, 0.2) is 0 Å². The van der Waals surface area contributed by atoms with Crippen molar-refractivity contribution in [2.45, 2.75) is 56.9 Å². The highest BCUT2D eigenvalue weighted by molar-refractivity contribution is 5.06. The fourth-order valence-electron chi connectivity index (χ4n) is 5.26. The van der Waals surface area contributed by atoms with Gasteiger partial charge >= 0.3 is 0 Å². The van der Waals surface area contributed by atoms with Crippen molar-refractivity contribution in [1.82, 2.24) is 4.90 Å². The number of hydrogen-bond donors (Lipinski definition) is 1. The largest absolute Gasteiger partial charge is 0.330 e. The van der Waals surface area contributed by atoms with Gasteiger partial charge in [-0.1, -0.05) is 0 Å². The monoisotopic (exact) mass is 236 g/mol. The van der Waals surface area contributed by atoms with Crippen LogP contribution in [0.25, 0.3) is 0 Å². The molecule has 2 N–H and O–H groups in total. The van der Waals surface area contributed by atoms with Crippen LogP contribution in [0.15, 0.2) is 0 Å². The fraction of sp³-hybridized carbons (Fsp3) is 1.00. The molecule has 4 aliphatic carbocycles. The number of nitrogens with two attached hydrogens (primary N) is 1. The number of rotatable bonds is 5. The molecule has 0 saturated heterocycles. The summed E-state index contributed by atoms with van der Waals surface area (Å²) < 4.78 is 0. The molecule has 0 spiro atoms. The van der Waals surface area contributed by atoms with Crippen molar-refractivity contribution in [2.75, 3.05) is 20.1 Å². The molecule has 17 heavy (non-hydrogen) atoms. The molecule has 0 heterocycles. The molecule has 4 bridgehead atoms. The second-order valence-electron chi connectivity index (χ2n) is 7.06. The standard InChI is InChI=1S/C15H28N2/c1-17(5-3-2-4-16)15-9-12-6-13(10-15)8-14(7-12)11-15/h12-14H,2-11,16H2,1H3. The Balaban J connectivity index is 1.64. The van der Waals surface area contributed by atoms with Crippen molar-refractivity contribution in [1.29, 1.82) is 0 Å². The second kappa shape index (κ2) is 4.55. The van der Waals surface area contributed by atoms with E-state index in [1.165, 1.54) is 38.6 Å². The van der Waals surface area contributed by atoms with Gasteiger partial charge in [-0.05, 0) is 89.3 Å². The van der Waals surface area contributed by atoms with Crippen molar-refractivity contribution >= 4 is 0 Å². The average molecular weight is 236 g/mol. The highest BCUT2D eigenvalue weighted by Crippen LogP contribution is 2.57. The maximum atomic E-state index is 5.60. The lowest BCUT2D eigenvalue weighted by Gasteiger charge is -2.60. The van der Waals surface area contributed by atoms with Crippen molar-refractivity contribution < 1.29 is 0 Å². The van der Waals surface area contributed by atoms with Crippen LogP contribution < -0.4 is 5.73 Å². The minimum atomic E-state index is 0.601. The summed E-state index contributed by atoms with van der Waals surface area (Å²) in [6.07, 6.45) is 11.6. The molecule has 4 fully saturated rings. The summed E-state index contributed by atoms with van der Waals surface area (Å²) in [6.45, 7) is 2.12. The highest BCUT2D eigenvalue weighted by atomic mass is 15.2. The summed E-state index contributed by atoms with van der Waals surface area (Å²) in [6, 6.07) is 0. The van der Waals surface area contributed by atoms with E-state index in [2.05, 4.69) is 11.9 Å². The van der Waals surface area contributed by atoms with Crippen LogP contribution in [-0.4, -0.2) is 30.6 Å². The molecule has 0 aromatic heterocycles. The Hall–Kier alpha value is -0.0800. The fourth-order valence-corrected chi connectivity index (χ4v) is 5.26. The van der Waals surface area contributed by atoms with Crippen LogP contribution in [0, 0.1) is 17.8 Å². The first-order valence-electron chi connectivity index (χ1n) is 7.63. The van der Waals surface area contributed by atoms with E-state index in [0.717, 1.165) is 24.3 Å². The molecular weight excluding hydrogens is 208 g/mol. The van der Waals surface area contributed by atoms with Gasteiger partial charge < -0.3 is 10.6 Å². The lowest BCUT2D eigenvalue weighted by molar-refractivity contribution is -0.0792.